The predicted molar refractivity (Wildman–Crippen MR) is 80.2 cm³/mol. The highest BCUT2D eigenvalue weighted by Crippen LogP contribution is 2.40. The molecule has 4 nitrogen and oxygen atoms in total. The van der Waals surface area contributed by atoms with Gasteiger partial charge in [-0.25, -0.2) is 4.68 Å². The maximum absolute atomic E-state index is 10.7. The van der Waals surface area contributed by atoms with Gasteiger partial charge in [-0.1, -0.05) is 19.4 Å². The number of piperidine rings is 1. The molecule has 2 heterocycles. The van der Waals surface area contributed by atoms with Gasteiger partial charge in [-0.2, -0.15) is 5.10 Å². The van der Waals surface area contributed by atoms with E-state index in [1.807, 2.05) is 10.9 Å². The van der Waals surface area contributed by atoms with Crippen LogP contribution in [0.15, 0.2) is 12.8 Å². The second-order valence-corrected chi connectivity index (χ2v) is 6.41. The number of rotatable bonds is 3. The summed E-state index contributed by atoms with van der Waals surface area (Å²) < 4.78 is 1.83. The van der Waals surface area contributed by atoms with Gasteiger partial charge in [-0.3, -0.25) is 4.90 Å². The Morgan fingerprint density at radius 3 is 3.10 bits per heavy atom. The van der Waals surface area contributed by atoms with Crippen molar-refractivity contribution < 1.29 is 5.11 Å². The van der Waals surface area contributed by atoms with Crippen LogP contribution in [-0.2, 0) is 6.54 Å². The van der Waals surface area contributed by atoms with Crippen LogP contribution < -0.4 is 0 Å². The summed E-state index contributed by atoms with van der Waals surface area (Å²) in [4.78, 5) is 2.47. The van der Waals surface area contributed by atoms with E-state index < -0.39 is 0 Å². The Morgan fingerprint density at radius 1 is 1.50 bits per heavy atom. The van der Waals surface area contributed by atoms with E-state index in [-0.39, 0.29) is 5.60 Å². The van der Waals surface area contributed by atoms with Crippen LogP contribution in [0.4, 0.5) is 0 Å². The molecular formula is C16H25N3O. The lowest BCUT2D eigenvalue weighted by Crippen LogP contribution is -2.52. The number of hydrogen-bond acceptors (Lipinski definition) is 3. The van der Waals surface area contributed by atoms with Gasteiger partial charge in [-0.05, 0) is 26.2 Å². The van der Waals surface area contributed by atoms with Crippen molar-refractivity contribution in [3.63, 3.8) is 0 Å². The number of hydrogen-bond donors (Lipinski definition) is 1. The Labute approximate surface area is 121 Å². The molecule has 0 spiro atoms. The molecule has 110 valence electrons. The highest BCUT2D eigenvalue weighted by atomic mass is 16.3. The lowest BCUT2D eigenvalue weighted by molar-refractivity contribution is -0.0968. The smallest absolute Gasteiger partial charge is 0.0700 e. The summed E-state index contributed by atoms with van der Waals surface area (Å²) in [5, 5.41) is 15.0. The van der Waals surface area contributed by atoms with Crippen LogP contribution in [0, 0.1) is 12.8 Å². The van der Waals surface area contributed by atoms with Gasteiger partial charge >= 0.3 is 0 Å². The van der Waals surface area contributed by atoms with Crippen molar-refractivity contribution in [3.8, 4) is 0 Å². The summed E-state index contributed by atoms with van der Waals surface area (Å²) in [6.45, 7) is 8.81. The third-order valence-corrected chi connectivity index (χ3v) is 5.22. The fraction of sp³-hybridized carbons (Fsp3) is 0.688. The average Bonchev–Trinajstić information content (AvgIpc) is 2.80. The largest absolute Gasteiger partial charge is 0.390 e. The standard InChI is InChI=1S/C16H25N3O/c1-3-19-13(2)14(10-17-19)11-18-9-8-16(20)7-5-4-6-15(16)12-18/h3,10,15,20H,1,4-9,11-12H2,2H3/t15-,16+/m0/s1. The van der Waals surface area contributed by atoms with Gasteiger partial charge in [0.2, 0.25) is 0 Å². The zero-order valence-corrected chi connectivity index (χ0v) is 12.4. The lowest BCUT2D eigenvalue weighted by Gasteiger charge is -2.47. The molecule has 0 unspecified atom stereocenters. The van der Waals surface area contributed by atoms with Gasteiger partial charge in [0.25, 0.3) is 0 Å². The highest BCUT2D eigenvalue weighted by molar-refractivity contribution is 5.26. The van der Waals surface area contributed by atoms with E-state index in [9.17, 15) is 5.11 Å². The maximum Gasteiger partial charge on any atom is 0.0700 e. The summed E-state index contributed by atoms with van der Waals surface area (Å²) in [6, 6.07) is 0. The van der Waals surface area contributed by atoms with Crippen LogP contribution in [0.1, 0.15) is 43.4 Å². The fourth-order valence-corrected chi connectivity index (χ4v) is 3.82. The first-order valence-electron chi connectivity index (χ1n) is 7.73. The SMILES string of the molecule is C=Cn1ncc(CN2CC[C@]3(O)CCCC[C@H]3C2)c1C. The third-order valence-electron chi connectivity index (χ3n) is 5.22. The third kappa shape index (κ3) is 2.42. The van der Waals surface area contributed by atoms with E-state index >= 15 is 0 Å². The molecule has 0 radical (unpaired) electrons. The van der Waals surface area contributed by atoms with E-state index in [1.54, 1.807) is 6.20 Å². The summed E-state index contributed by atoms with van der Waals surface area (Å²) in [7, 11) is 0. The van der Waals surface area contributed by atoms with Crippen LogP contribution in [-0.4, -0.2) is 38.5 Å². The topological polar surface area (TPSA) is 41.3 Å². The zero-order chi connectivity index (χ0) is 14.2. The molecule has 1 saturated heterocycles. The first-order valence-corrected chi connectivity index (χ1v) is 7.73. The molecule has 0 bridgehead atoms. The second-order valence-electron chi connectivity index (χ2n) is 6.41. The summed E-state index contributed by atoms with van der Waals surface area (Å²) in [5.41, 5.74) is 2.06. The molecule has 1 aliphatic heterocycles. The molecule has 20 heavy (non-hydrogen) atoms. The lowest BCUT2D eigenvalue weighted by atomic mass is 9.71. The summed E-state index contributed by atoms with van der Waals surface area (Å²) in [5.74, 6) is 0.458. The number of aliphatic hydroxyl groups is 1. The molecule has 1 aliphatic carbocycles. The van der Waals surface area contributed by atoms with Crippen molar-refractivity contribution >= 4 is 6.20 Å². The van der Waals surface area contributed by atoms with Crippen molar-refractivity contribution in [1.82, 2.24) is 14.7 Å². The molecule has 0 aromatic carbocycles. The molecular weight excluding hydrogens is 250 g/mol. The van der Waals surface area contributed by atoms with Crippen LogP contribution in [0.25, 0.3) is 6.20 Å². The molecule has 0 amide bonds. The molecule has 1 aromatic heterocycles. The van der Waals surface area contributed by atoms with Gasteiger partial charge in [0.1, 0.15) is 0 Å². The number of likely N-dealkylation sites (tertiary alicyclic amines) is 1. The Morgan fingerprint density at radius 2 is 2.35 bits per heavy atom. The highest BCUT2D eigenvalue weighted by Gasteiger charge is 2.42. The quantitative estimate of drug-likeness (QED) is 0.921. The zero-order valence-electron chi connectivity index (χ0n) is 12.4. The Bertz CT molecular complexity index is 496. The van der Waals surface area contributed by atoms with Gasteiger partial charge < -0.3 is 5.11 Å². The average molecular weight is 275 g/mol. The van der Waals surface area contributed by atoms with Crippen LogP contribution >= 0.6 is 0 Å². The van der Waals surface area contributed by atoms with E-state index in [1.165, 1.54) is 30.5 Å². The minimum absolute atomic E-state index is 0.380. The Hall–Kier alpha value is -1.13. The van der Waals surface area contributed by atoms with E-state index in [0.717, 1.165) is 32.5 Å². The molecule has 1 saturated carbocycles. The van der Waals surface area contributed by atoms with E-state index in [2.05, 4.69) is 23.5 Å². The fourth-order valence-electron chi connectivity index (χ4n) is 3.82. The summed E-state index contributed by atoms with van der Waals surface area (Å²) >= 11 is 0. The van der Waals surface area contributed by atoms with Gasteiger partial charge in [0, 0.05) is 43.0 Å². The number of nitrogens with zero attached hydrogens (tertiary/aromatic N) is 3. The minimum atomic E-state index is -0.380. The van der Waals surface area contributed by atoms with Crippen LogP contribution in [0.3, 0.4) is 0 Å². The monoisotopic (exact) mass is 275 g/mol. The minimum Gasteiger partial charge on any atom is -0.390 e. The van der Waals surface area contributed by atoms with Crippen LogP contribution in [0.2, 0.25) is 0 Å². The van der Waals surface area contributed by atoms with Crippen molar-refractivity contribution in [3.05, 3.63) is 24.0 Å². The van der Waals surface area contributed by atoms with Crippen LogP contribution in [0.5, 0.6) is 0 Å². The summed E-state index contributed by atoms with van der Waals surface area (Å²) in [6.07, 6.45) is 9.25. The molecule has 4 heteroatoms. The van der Waals surface area contributed by atoms with Gasteiger partial charge in [-0.15, -0.1) is 0 Å². The first-order chi connectivity index (χ1) is 9.62. The molecule has 2 atom stereocenters. The van der Waals surface area contributed by atoms with Gasteiger partial charge in [0.15, 0.2) is 0 Å². The van der Waals surface area contributed by atoms with E-state index in [0.29, 0.717) is 5.92 Å². The number of fused-ring (bicyclic) bond motifs is 1. The maximum atomic E-state index is 10.7. The van der Waals surface area contributed by atoms with E-state index in [4.69, 9.17) is 0 Å². The molecule has 1 N–H and O–H groups in total. The van der Waals surface area contributed by atoms with Crippen molar-refractivity contribution in [2.45, 2.75) is 51.2 Å². The predicted octanol–water partition coefficient (Wildman–Crippen LogP) is 2.42. The van der Waals surface area contributed by atoms with Crippen molar-refractivity contribution in [2.24, 2.45) is 5.92 Å². The van der Waals surface area contributed by atoms with Crippen molar-refractivity contribution in [2.75, 3.05) is 13.1 Å². The first kappa shape index (κ1) is 13.8. The Kier molecular flexibility index (Phi) is 3.69. The normalized spacial score (nSPS) is 31.0. The molecule has 2 fully saturated rings. The molecule has 2 aliphatic rings. The molecule has 1 aromatic rings. The second kappa shape index (κ2) is 5.34. The molecule has 3 rings (SSSR count). The Balaban J connectivity index is 1.67. The number of aromatic nitrogens is 2. The van der Waals surface area contributed by atoms with Gasteiger partial charge in [0.05, 0.1) is 11.8 Å². The van der Waals surface area contributed by atoms with Crippen molar-refractivity contribution in [1.29, 1.82) is 0 Å².